The molecule has 1 aromatic carbocycles. The zero-order chi connectivity index (χ0) is 23.8. The number of methoxy groups -OCH3 is 1. The van der Waals surface area contributed by atoms with Gasteiger partial charge in [-0.1, -0.05) is 36.4 Å². The number of benzene rings is 1. The average molecular weight is 467 g/mol. The van der Waals surface area contributed by atoms with Gasteiger partial charge in [-0.05, 0) is 50.7 Å². The summed E-state index contributed by atoms with van der Waals surface area (Å²) in [5.74, 6) is 0.695. The number of carbonyl (C=O) groups excluding carboxylic acids is 2. The van der Waals surface area contributed by atoms with Crippen LogP contribution in [-0.2, 0) is 0 Å². The fourth-order valence-electron chi connectivity index (χ4n) is 5.33. The molecule has 0 atom stereocenters. The summed E-state index contributed by atoms with van der Waals surface area (Å²) < 4.78 is 5.38. The number of urea groups is 1. The number of allylic oxidation sites excluding steroid dienone is 2. The molecule has 7 nitrogen and oxygen atoms in total. The van der Waals surface area contributed by atoms with Crippen molar-refractivity contribution in [1.29, 1.82) is 0 Å². The van der Waals surface area contributed by atoms with Gasteiger partial charge in [0.15, 0.2) is 0 Å². The van der Waals surface area contributed by atoms with Crippen LogP contribution in [0.3, 0.4) is 0 Å². The number of piperidine rings is 2. The van der Waals surface area contributed by atoms with Crippen LogP contribution in [0, 0.1) is 0 Å². The Kier molecular flexibility index (Phi) is 8.63. The number of hydrogen-bond acceptors (Lipinski definition) is 4. The van der Waals surface area contributed by atoms with Gasteiger partial charge >= 0.3 is 6.03 Å². The van der Waals surface area contributed by atoms with Crippen molar-refractivity contribution in [2.45, 2.75) is 50.6 Å². The van der Waals surface area contributed by atoms with E-state index < -0.39 is 0 Å². The molecule has 3 aliphatic rings. The molecule has 34 heavy (non-hydrogen) atoms. The molecular weight excluding hydrogens is 428 g/mol. The molecule has 3 heterocycles. The zero-order valence-electron chi connectivity index (χ0n) is 20.3. The topological polar surface area (TPSA) is 65.1 Å². The van der Waals surface area contributed by atoms with Crippen LogP contribution in [0.2, 0.25) is 0 Å². The second kappa shape index (κ2) is 12.1. The molecule has 0 aromatic heterocycles. The molecule has 3 amide bonds. The minimum absolute atomic E-state index is 0.0396. The number of rotatable bonds is 4. The van der Waals surface area contributed by atoms with Gasteiger partial charge in [0.1, 0.15) is 5.75 Å². The van der Waals surface area contributed by atoms with Crippen LogP contribution in [0.15, 0.2) is 48.6 Å². The second-order valence-electron chi connectivity index (χ2n) is 9.35. The molecule has 1 N–H and O–H groups in total. The molecule has 0 radical (unpaired) electrons. The molecule has 184 valence electrons. The van der Waals surface area contributed by atoms with E-state index in [4.69, 9.17) is 4.74 Å². The monoisotopic (exact) mass is 466 g/mol. The number of nitrogens with zero attached hydrogens (tertiary/aromatic N) is 3. The number of hydrogen-bond donors (Lipinski definition) is 1. The van der Waals surface area contributed by atoms with Crippen molar-refractivity contribution >= 4 is 11.9 Å². The third-order valence-electron chi connectivity index (χ3n) is 7.31. The van der Waals surface area contributed by atoms with Gasteiger partial charge in [-0.3, -0.25) is 4.79 Å². The zero-order valence-corrected chi connectivity index (χ0v) is 20.3. The molecule has 4 rings (SSSR count). The molecule has 2 saturated heterocycles. The Bertz CT molecular complexity index is 884. The van der Waals surface area contributed by atoms with E-state index in [9.17, 15) is 9.59 Å². The molecule has 0 unspecified atom stereocenters. The smallest absolute Gasteiger partial charge is 0.318 e. The van der Waals surface area contributed by atoms with Crippen molar-refractivity contribution in [3.05, 3.63) is 54.1 Å². The second-order valence-corrected chi connectivity index (χ2v) is 9.35. The van der Waals surface area contributed by atoms with Crippen molar-refractivity contribution in [2.75, 3.05) is 46.4 Å². The van der Waals surface area contributed by atoms with Crippen molar-refractivity contribution in [3.63, 3.8) is 0 Å². The summed E-state index contributed by atoms with van der Waals surface area (Å²) in [6.07, 6.45) is 14.5. The summed E-state index contributed by atoms with van der Waals surface area (Å²) in [5.41, 5.74) is 0.641. The van der Waals surface area contributed by atoms with E-state index in [0.717, 1.165) is 64.7 Å². The van der Waals surface area contributed by atoms with Crippen molar-refractivity contribution < 1.29 is 14.3 Å². The van der Waals surface area contributed by atoms with Crippen LogP contribution in [0.5, 0.6) is 5.75 Å². The van der Waals surface area contributed by atoms with E-state index in [-0.39, 0.29) is 18.0 Å². The Morgan fingerprint density at radius 3 is 2.32 bits per heavy atom. The van der Waals surface area contributed by atoms with E-state index >= 15 is 0 Å². The minimum Gasteiger partial charge on any atom is -0.496 e. The fraction of sp³-hybridized carbons (Fsp3) is 0.556. The van der Waals surface area contributed by atoms with Crippen LogP contribution in [0.4, 0.5) is 4.79 Å². The molecule has 1 aromatic rings. The third kappa shape index (κ3) is 6.00. The number of amides is 3. The standard InChI is InChI=1S/C27H38N4O3/c1-34-25-11-7-6-10-24(25)26(32)30-20-12-22(13-21-30)29-18-14-23(15-19-29)31-17-9-5-3-2-4-8-16-28-27(31)33/h4-11,22-23H,2-3,12-21H2,1H3,(H,28,33)/b8-4-,9-5-. The van der Waals surface area contributed by atoms with Gasteiger partial charge in [0.05, 0.1) is 12.7 Å². The number of nitrogens with one attached hydrogen (secondary N) is 1. The maximum atomic E-state index is 13.0. The lowest BCUT2D eigenvalue weighted by Crippen LogP contribution is -2.54. The molecule has 2 fully saturated rings. The SMILES string of the molecule is COc1ccccc1C(=O)N1CCC(N2CCC(N3C/C=C\CC/C=C\CNC3=O)CC2)CC1. The predicted octanol–water partition coefficient (Wildman–Crippen LogP) is 3.68. The highest BCUT2D eigenvalue weighted by Gasteiger charge is 2.33. The Morgan fingerprint density at radius 1 is 0.912 bits per heavy atom. The first-order valence-corrected chi connectivity index (χ1v) is 12.7. The van der Waals surface area contributed by atoms with Crippen molar-refractivity contribution in [1.82, 2.24) is 20.0 Å². The van der Waals surface area contributed by atoms with Crippen molar-refractivity contribution in [2.24, 2.45) is 0 Å². The van der Waals surface area contributed by atoms with Crippen LogP contribution in [-0.4, -0.2) is 85.1 Å². The van der Waals surface area contributed by atoms with Crippen LogP contribution < -0.4 is 10.1 Å². The van der Waals surface area contributed by atoms with E-state index in [1.807, 2.05) is 40.1 Å². The van der Waals surface area contributed by atoms with Gasteiger partial charge in [-0.25, -0.2) is 4.79 Å². The molecule has 0 aliphatic carbocycles. The lowest BCUT2D eigenvalue weighted by Gasteiger charge is -2.43. The predicted molar refractivity (Wildman–Crippen MR) is 134 cm³/mol. The molecule has 0 saturated carbocycles. The molecule has 0 bridgehead atoms. The van der Waals surface area contributed by atoms with Crippen LogP contribution in [0.1, 0.15) is 48.9 Å². The highest BCUT2D eigenvalue weighted by molar-refractivity contribution is 5.97. The van der Waals surface area contributed by atoms with E-state index in [1.54, 1.807) is 7.11 Å². The minimum atomic E-state index is 0.0396. The maximum Gasteiger partial charge on any atom is 0.318 e. The lowest BCUT2D eigenvalue weighted by atomic mass is 9.96. The summed E-state index contributed by atoms with van der Waals surface area (Å²) in [7, 11) is 1.61. The van der Waals surface area contributed by atoms with Gasteiger partial charge in [-0.2, -0.15) is 0 Å². The molecule has 0 spiro atoms. The summed E-state index contributed by atoms with van der Waals surface area (Å²) >= 11 is 0. The van der Waals surface area contributed by atoms with Gasteiger partial charge < -0.3 is 24.8 Å². The maximum absolute atomic E-state index is 13.0. The number of para-hydroxylation sites is 1. The number of ether oxygens (including phenoxy) is 1. The Labute approximate surface area is 203 Å². The Balaban J connectivity index is 1.27. The lowest BCUT2D eigenvalue weighted by molar-refractivity contribution is 0.0514. The number of carbonyl (C=O) groups is 2. The van der Waals surface area contributed by atoms with E-state index in [1.165, 1.54) is 0 Å². The van der Waals surface area contributed by atoms with E-state index in [2.05, 4.69) is 28.4 Å². The summed E-state index contributed by atoms with van der Waals surface area (Å²) in [6.45, 7) is 4.83. The van der Waals surface area contributed by atoms with Crippen LogP contribution in [0.25, 0.3) is 0 Å². The summed E-state index contributed by atoms with van der Waals surface area (Å²) in [5, 5.41) is 3.05. The first-order valence-electron chi connectivity index (χ1n) is 12.7. The average Bonchev–Trinajstić information content (AvgIpc) is 2.94. The van der Waals surface area contributed by atoms with Gasteiger partial charge in [-0.15, -0.1) is 0 Å². The summed E-state index contributed by atoms with van der Waals surface area (Å²) in [4.78, 5) is 32.3. The first-order chi connectivity index (χ1) is 16.7. The molecule has 7 heteroatoms. The van der Waals surface area contributed by atoms with E-state index in [0.29, 0.717) is 30.4 Å². The van der Waals surface area contributed by atoms with Gasteiger partial charge in [0.2, 0.25) is 0 Å². The fourth-order valence-corrected chi connectivity index (χ4v) is 5.33. The Hall–Kier alpha value is -2.80. The molecular formula is C27H38N4O3. The van der Waals surface area contributed by atoms with Gasteiger partial charge in [0, 0.05) is 51.4 Å². The van der Waals surface area contributed by atoms with Gasteiger partial charge in [0.25, 0.3) is 5.91 Å². The number of likely N-dealkylation sites (tertiary alicyclic amines) is 2. The van der Waals surface area contributed by atoms with Crippen molar-refractivity contribution in [3.8, 4) is 5.75 Å². The first kappa shape index (κ1) is 24.3. The normalized spacial score (nSPS) is 23.6. The highest BCUT2D eigenvalue weighted by atomic mass is 16.5. The summed E-state index contributed by atoms with van der Waals surface area (Å²) in [6, 6.07) is 8.28. The highest BCUT2D eigenvalue weighted by Crippen LogP contribution is 2.26. The quantitative estimate of drug-likeness (QED) is 0.688. The largest absolute Gasteiger partial charge is 0.496 e. The Morgan fingerprint density at radius 2 is 1.59 bits per heavy atom. The molecule has 3 aliphatic heterocycles. The van der Waals surface area contributed by atoms with Crippen LogP contribution >= 0.6 is 0 Å². The third-order valence-corrected chi connectivity index (χ3v) is 7.31.